The number of amides is 1. The Hall–Kier alpha value is -3.21. The normalized spacial score (nSPS) is 15.9. The molecule has 2 heterocycles. The maximum atomic E-state index is 12.2. The summed E-state index contributed by atoms with van der Waals surface area (Å²) in [6, 6.07) is 3.98. The summed E-state index contributed by atoms with van der Waals surface area (Å²) in [5.41, 5.74) is 4.13. The molecule has 164 valence electrons. The van der Waals surface area contributed by atoms with Crippen molar-refractivity contribution in [3.05, 3.63) is 85.4 Å². The summed E-state index contributed by atoms with van der Waals surface area (Å²) in [6.07, 6.45) is 12.1. The van der Waals surface area contributed by atoms with E-state index in [2.05, 4.69) is 48.0 Å². The SMILES string of the molecule is C=CC(C)(C=C)c1ccc(NC(C)C(=N/C=C\C)C2=CCN(C(=O)C(=C)C)CC2)cn1. The molecule has 0 saturated carbocycles. The summed E-state index contributed by atoms with van der Waals surface area (Å²) >= 11 is 0. The van der Waals surface area contributed by atoms with Crippen molar-refractivity contribution in [3.63, 3.8) is 0 Å². The smallest absolute Gasteiger partial charge is 0.249 e. The number of nitrogens with one attached hydrogen (secondary N) is 1. The van der Waals surface area contributed by atoms with Crippen molar-refractivity contribution in [1.82, 2.24) is 9.88 Å². The fourth-order valence-corrected chi connectivity index (χ4v) is 3.39. The first-order valence-electron chi connectivity index (χ1n) is 10.6. The minimum absolute atomic E-state index is 0.00521. The molecule has 2 rings (SSSR count). The van der Waals surface area contributed by atoms with Crippen molar-refractivity contribution in [2.75, 3.05) is 18.4 Å². The average Bonchev–Trinajstić information content (AvgIpc) is 2.79. The number of aliphatic imine (C=N–C) groups is 1. The van der Waals surface area contributed by atoms with Crippen LogP contribution in [0.3, 0.4) is 0 Å². The Kier molecular flexibility index (Phi) is 8.31. The van der Waals surface area contributed by atoms with Gasteiger partial charge in [0.05, 0.1) is 29.3 Å². The summed E-state index contributed by atoms with van der Waals surface area (Å²) in [5.74, 6) is 0.00521. The maximum absolute atomic E-state index is 12.2. The van der Waals surface area contributed by atoms with Crippen molar-refractivity contribution in [1.29, 1.82) is 0 Å². The first kappa shape index (κ1) is 24.1. The van der Waals surface area contributed by atoms with Gasteiger partial charge < -0.3 is 10.2 Å². The van der Waals surface area contributed by atoms with Crippen molar-refractivity contribution in [2.45, 2.75) is 45.6 Å². The summed E-state index contributed by atoms with van der Waals surface area (Å²) in [4.78, 5) is 23.3. The summed E-state index contributed by atoms with van der Waals surface area (Å²) < 4.78 is 0. The Morgan fingerprint density at radius 2 is 2.06 bits per heavy atom. The second kappa shape index (κ2) is 10.7. The average molecular weight is 419 g/mol. The Balaban J connectivity index is 2.19. The number of carbonyl (C=O) groups excluding carboxylic acids is 1. The van der Waals surface area contributed by atoms with Gasteiger partial charge in [0, 0.05) is 30.3 Å². The van der Waals surface area contributed by atoms with E-state index in [-0.39, 0.29) is 17.4 Å². The molecule has 0 spiro atoms. The van der Waals surface area contributed by atoms with Crippen LogP contribution in [0.25, 0.3) is 0 Å². The van der Waals surface area contributed by atoms with E-state index in [1.165, 1.54) is 0 Å². The molecule has 1 aromatic heterocycles. The molecule has 1 aromatic rings. The van der Waals surface area contributed by atoms with E-state index in [0.717, 1.165) is 29.1 Å². The second-order valence-electron chi connectivity index (χ2n) is 8.00. The van der Waals surface area contributed by atoms with Gasteiger partial charge in [-0.05, 0) is 51.8 Å². The molecular formula is C26H34N4O. The molecule has 1 aliphatic heterocycles. The Labute approximate surface area is 186 Å². The molecule has 1 amide bonds. The Morgan fingerprint density at radius 3 is 2.55 bits per heavy atom. The lowest BCUT2D eigenvalue weighted by atomic mass is 9.87. The van der Waals surface area contributed by atoms with Crippen LogP contribution in [0, 0.1) is 0 Å². The first-order valence-corrected chi connectivity index (χ1v) is 10.6. The van der Waals surface area contributed by atoms with E-state index in [1.807, 2.05) is 55.3 Å². The van der Waals surface area contributed by atoms with Crippen LogP contribution in [0.1, 0.15) is 39.8 Å². The van der Waals surface area contributed by atoms with Gasteiger partial charge in [-0.1, -0.05) is 30.9 Å². The quantitative estimate of drug-likeness (QED) is 0.340. The van der Waals surface area contributed by atoms with Crippen molar-refractivity contribution in [2.24, 2.45) is 4.99 Å². The van der Waals surface area contributed by atoms with E-state index in [0.29, 0.717) is 18.7 Å². The van der Waals surface area contributed by atoms with E-state index < -0.39 is 0 Å². The molecule has 0 saturated heterocycles. The number of hydrogen-bond donors (Lipinski definition) is 1. The highest BCUT2D eigenvalue weighted by Gasteiger charge is 2.23. The molecule has 5 nitrogen and oxygen atoms in total. The number of rotatable bonds is 9. The van der Waals surface area contributed by atoms with Crippen LogP contribution in [0.5, 0.6) is 0 Å². The molecule has 0 bridgehead atoms. The zero-order valence-electron chi connectivity index (χ0n) is 19.2. The highest BCUT2D eigenvalue weighted by atomic mass is 16.2. The zero-order valence-corrected chi connectivity index (χ0v) is 19.2. The number of anilines is 1. The maximum Gasteiger partial charge on any atom is 0.249 e. The monoisotopic (exact) mass is 418 g/mol. The Bertz CT molecular complexity index is 913. The molecule has 0 aromatic carbocycles. The van der Waals surface area contributed by atoms with Crippen LogP contribution < -0.4 is 5.32 Å². The van der Waals surface area contributed by atoms with E-state index in [1.54, 1.807) is 13.1 Å². The standard InChI is InChI=1S/C26H34N4O/c1-8-15-27-24(21-13-16-30(17-14-21)25(31)19(4)5)20(6)29-22-11-12-23(28-18-22)26(7,9-2)10-3/h8-13,15,18,20,29H,2-4,14,16-17H2,1,5-7H3/b15-8-,27-24?. The number of allylic oxidation sites excluding steroid dienone is 3. The van der Waals surface area contributed by atoms with Gasteiger partial charge in [-0.2, -0.15) is 0 Å². The van der Waals surface area contributed by atoms with Crippen LogP contribution in [0.15, 0.2) is 84.7 Å². The van der Waals surface area contributed by atoms with Crippen LogP contribution in [-0.2, 0) is 10.2 Å². The van der Waals surface area contributed by atoms with Crippen LogP contribution in [0.4, 0.5) is 5.69 Å². The number of aromatic nitrogens is 1. The van der Waals surface area contributed by atoms with Gasteiger partial charge in [-0.3, -0.25) is 14.8 Å². The topological polar surface area (TPSA) is 57.6 Å². The lowest BCUT2D eigenvalue weighted by Gasteiger charge is -2.29. The van der Waals surface area contributed by atoms with E-state index in [4.69, 9.17) is 0 Å². The Morgan fingerprint density at radius 1 is 1.35 bits per heavy atom. The minimum atomic E-state index is -0.358. The predicted molar refractivity (Wildman–Crippen MR) is 131 cm³/mol. The number of pyridine rings is 1. The largest absolute Gasteiger partial charge is 0.376 e. The van der Waals surface area contributed by atoms with Gasteiger partial charge >= 0.3 is 0 Å². The van der Waals surface area contributed by atoms with Gasteiger partial charge in [0.15, 0.2) is 0 Å². The van der Waals surface area contributed by atoms with Gasteiger partial charge in [0.2, 0.25) is 5.91 Å². The molecule has 1 unspecified atom stereocenters. The molecular weight excluding hydrogens is 384 g/mol. The van der Waals surface area contributed by atoms with E-state index in [9.17, 15) is 4.79 Å². The van der Waals surface area contributed by atoms with Gasteiger partial charge in [0.25, 0.3) is 0 Å². The minimum Gasteiger partial charge on any atom is -0.376 e. The lowest BCUT2D eigenvalue weighted by Crippen LogP contribution is -2.38. The van der Waals surface area contributed by atoms with E-state index >= 15 is 0 Å². The fourth-order valence-electron chi connectivity index (χ4n) is 3.39. The van der Waals surface area contributed by atoms with Crippen LogP contribution in [-0.4, -0.2) is 40.6 Å². The molecule has 1 atom stereocenters. The molecule has 31 heavy (non-hydrogen) atoms. The number of carbonyl (C=O) groups is 1. The summed E-state index contributed by atoms with van der Waals surface area (Å²) in [5, 5.41) is 3.50. The summed E-state index contributed by atoms with van der Waals surface area (Å²) in [7, 11) is 0. The molecule has 0 radical (unpaired) electrons. The third-order valence-electron chi connectivity index (χ3n) is 5.51. The zero-order chi connectivity index (χ0) is 23.0. The third-order valence-corrected chi connectivity index (χ3v) is 5.51. The summed E-state index contributed by atoms with van der Waals surface area (Å²) in [6.45, 7) is 20.6. The highest BCUT2D eigenvalue weighted by Crippen LogP contribution is 2.25. The number of hydrogen-bond acceptors (Lipinski definition) is 4. The van der Waals surface area contributed by atoms with Crippen molar-refractivity contribution >= 4 is 17.3 Å². The third kappa shape index (κ3) is 5.91. The molecule has 1 aliphatic rings. The van der Waals surface area contributed by atoms with Gasteiger partial charge in [-0.25, -0.2) is 0 Å². The lowest BCUT2D eigenvalue weighted by molar-refractivity contribution is -0.126. The van der Waals surface area contributed by atoms with Crippen LogP contribution in [0.2, 0.25) is 0 Å². The van der Waals surface area contributed by atoms with Crippen molar-refractivity contribution in [3.8, 4) is 0 Å². The predicted octanol–water partition coefficient (Wildman–Crippen LogP) is 5.22. The van der Waals surface area contributed by atoms with Gasteiger partial charge in [-0.15, -0.1) is 13.2 Å². The first-order chi connectivity index (χ1) is 14.8. The molecule has 0 fully saturated rings. The van der Waals surface area contributed by atoms with Crippen LogP contribution >= 0.6 is 0 Å². The highest BCUT2D eigenvalue weighted by molar-refractivity contribution is 6.06. The molecule has 5 heteroatoms. The number of nitrogens with zero attached hydrogens (tertiary/aromatic N) is 3. The fraction of sp³-hybridized carbons (Fsp3) is 0.346. The second-order valence-corrected chi connectivity index (χ2v) is 8.00. The van der Waals surface area contributed by atoms with Gasteiger partial charge in [0.1, 0.15) is 0 Å². The molecule has 0 aliphatic carbocycles. The van der Waals surface area contributed by atoms with Crippen molar-refractivity contribution < 1.29 is 4.79 Å². The molecule has 1 N–H and O–H groups in total.